The summed E-state index contributed by atoms with van der Waals surface area (Å²) in [5.74, 6) is -2.18. The number of aliphatic hydroxyl groups excluding tert-OH is 1. The van der Waals surface area contributed by atoms with Crippen LogP contribution in [0.15, 0.2) is 24.3 Å². The number of phosphoric acid groups is 2. The zero-order valence-electron chi connectivity index (χ0n) is 49.1. The fraction of sp³-hybridized carbons (Fsp3) is 0.864. The Kier molecular flexibility index (Phi) is 52.1. The van der Waals surface area contributed by atoms with E-state index in [0.29, 0.717) is 25.7 Å². The third-order valence-corrected chi connectivity index (χ3v) is 14.9. The summed E-state index contributed by atoms with van der Waals surface area (Å²) in [5, 5.41) is 10.5. The minimum absolute atomic E-state index is 0.0849. The van der Waals surface area contributed by atoms with Gasteiger partial charge in [-0.3, -0.25) is 37.3 Å². The Balaban J connectivity index is 5.21. The Morgan fingerprint density at radius 1 is 0.359 bits per heavy atom. The van der Waals surface area contributed by atoms with Crippen molar-refractivity contribution >= 4 is 39.5 Å². The quantitative estimate of drug-likeness (QED) is 0.0169. The Hall–Kier alpha value is -2.46. The number of hydrogen-bond acceptors (Lipinski definition) is 15. The maximum absolute atomic E-state index is 12.9. The standard InChI is InChI=1S/C59H110O17P2/c1-5-9-13-17-21-24-25-26-27-28-29-30-34-38-42-46-59(64)76-55(50-70-57(62)44-40-36-32-22-18-14-10-6-2)52-74-78(67,68)72-48-53(60)47-71-77(65,66)73-51-54(49-69-56(61)43-39-35-31-20-16-12-8-4)75-58(63)45-41-37-33-23-19-15-11-7-3/h24-27,53-55,60H,5-23,28-52H2,1-4H3,(H,65,66)(H,67,68)/b25-24-,27-26-/t53-,54+,55+/m0/s1. The summed E-state index contributed by atoms with van der Waals surface area (Å²) in [6, 6.07) is 0. The molecule has 19 heteroatoms. The SMILES string of the molecule is CCCCCC/C=C\C=C/CCCCCCCC(=O)O[C@H](COC(=O)CCCCCCCCCC)COP(=O)(O)OC[C@@H](O)COP(=O)(O)OC[C@@H](COC(=O)CCCCCCCCC)OC(=O)CCCCCCCCCC. The van der Waals surface area contributed by atoms with Crippen LogP contribution < -0.4 is 0 Å². The van der Waals surface area contributed by atoms with E-state index < -0.39 is 97.5 Å². The lowest BCUT2D eigenvalue weighted by atomic mass is 10.1. The molecule has 0 rings (SSSR count). The Bertz CT molecular complexity index is 1610. The van der Waals surface area contributed by atoms with Gasteiger partial charge in [-0.2, -0.15) is 0 Å². The predicted molar refractivity (Wildman–Crippen MR) is 308 cm³/mol. The maximum atomic E-state index is 12.9. The topological polar surface area (TPSA) is 237 Å². The van der Waals surface area contributed by atoms with Gasteiger partial charge in [0.15, 0.2) is 12.2 Å². The number of hydrogen-bond donors (Lipinski definition) is 3. The molecule has 2 unspecified atom stereocenters. The summed E-state index contributed by atoms with van der Waals surface area (Å²) < 4.78 is 67.5. The van der Waals surface area contributed by atoms with E-state index in [2.05, 4.69) is 52.0 Å². The number of unbranched alkanes of at least 4 members (excludes halogenated alkanes) is 29. The van der Waals surface area contributed by atoms with Crippen LogP contribution in [0.5, 0.6) is 0 Å². The number of esters is 4. The lowest BCUT2D eigenvalue weighted by molar-refractivity contribution is -0.161. The lowest BCUT2D eigenvalue weighted by Crippen LogP contribution is -2.30. The van der Waals surface area contributed by atoms with Crippen molar-refractivity contribution in [2.24, 2.45) is 0 Å². The second kappa shape index (κ2) is 53.8. The first-order valence-corrected chi connectivity index (χ1v) is 33.6. The van der Waals surface area contributed by atoms with Crippen LogP contribution in [0.4, 0.5) is 0 Å². The summed E-state index contributed by atoms with van der Waals surface area (Å²) in [5.41, 5.74) is 0. The smallest absolute Gasteiger partial charge is 0.462 e. The molecule has 0 bridgehead atoms. The Morgan fingerprint density at radius 2 is 0.615 bits per heavy atom. The molecular formula is C59H110O17P2. The van der Waals surface area contributed by atoms with E-state index in [9.17, 15) is 43.2 Å². The minimum Gasteiger partial charge on any atom is -0.462 e. The van der Waals surface area contributed by atoms with E-state index in [4.69, 9.17) is 37.0 Å². The fourth-order valence-corrected chi connectivity index (χ4v) is 9.79. The molecule has 0 saturated heterocycles. The van der Waals surface area contributed by atoms with Crippen molar-refractivity contribution < 1.29 is 80.2 Å². The minimum atomic E-state index is -4.94. The van der Waals surface area contributed by atoms with Gasteiger partial charge in [0.2, 0.25) is 0 Å². The van der Waals surface area contributed by atoms with Crippen LogP contribution in [0.2, 0.25) is 0 Å². The highest BCUT2D eigenvalue weighted by atomic mass is 31.2. The first-order chi connectivity index (χ1) is 37.7. The highest BCUT2D eigenvalue weighted by molar-refractivity contribution is 7.47. The van der Waals surface area contributed by atoms with Crippen molar-refractivity contribution in [3.05, 3.63) is 24.3 Å². The van der Waals surface area contributed by atoms with Gasteiger partial charge < -0.3 is 33.8 Å². The van der Waals surface area contributed by atoms with E-state index in [-0.39, 0.29) is 25.7 Å². The molecule has 0 heterocycles. The van der Waals surface area contributed by atoms with Gasteiger partial charge in [0.25, 0.3) is 0 Å². The van der Waals surface area contributed by atoms with Crippen LogP contribution in [0.25, 0.3) is 0 Å². The third kappa shape index (κ3) is 52.9. The van der Waals surface area contributed by atoms with Crippen molar-refractivity contribution in [2.75, 3.05) is 39.6 Å². The summed E-state index contributed by atoms with van der Waals surface area (Å²) in [7, 11) is -9.88. The van der Waals surface area contributed by atoms with Crippen molar-refractivity contribution in [1.29, 1.82) is 0 Å². The molecule has 0 aliphatic rings. The molecule has 0 aromatic rings. The summed E-state index contributed by atoms with van der Waals surface area (Å²) in [4.78, 5) is 71.7. The average molecular weight is 1150 g/mol. The van der Waals surface area contributed by atoms with Crippen molar-refractivity contribution in [3.63, 3.8) is 0 Å². The fourth-order valence-electron chi connectivity index (χ4n) is 8.21. The zero-order chi connectivity index (χ0) is 57.6. The molecule has 0 aliphatic heterocycles. The molecule has 0 aliphatic carbocycles. The normalized spacial score (nSPS) is 14.5. The van der Waals surface area contributed by atoms with Crippen LogP contribution in [0.1, 0.15) is 272 Å². The van der Waals surface area contributed by atoms with Gasteiger partial charge in [0.1, 0.15) is 19.3 Å². The van der Waals surface area contributed by atoms with E-state index in [0.717, 1.165) is 128 Å². The van der Waals surface area contributed by atoms with Crippen LogP contribution in [0.3, 0.4) is 0 Å². The lowest BCUT2D eigenvalue weighted by Gasteiger charge is -2.21. The monoisotopic (exact) mass is 1150 g/mol. The van der Waals surface area contributed by atoms with Crippen molar-refractivity contribution in [3.8, 4) is 0 Å². The first kappa shape index (κ1) is 75.5. The van der Waals surface area contributed by atoms with Gasteiger partial charge in [0, 0.05) is 25.7 Å². The van der Waals surface area contributed by atoms with E-state index in [1.165, 1.54) is 64.2 Å². The number of aliphatic hydroxyl groups is 1. The second-order valence-corrected chi connectivity index (χ2v) is 23.6. The summed E-state index contributed by atoms with van der Waals surface area (Å²) >= 11 is 0. The van der Waals surface area contributed by atoms with E-state index >= 15 is 0 Å². The molecule has 3 N–H and O–H groups in total. The maximum Gasteiger partial charge on any atom is 0.472 e. The number of carbonyl (C=O) groups is 4. The predicted octanol–water partition coefficient (Wildman–Crippen LogP) is 15.5. The van der Waals surface area contributed by atoms with Crippen LogP contribution in [-0.4, -0.2) is 96.7 Å². The van der Waals surface area contributed by atoms with Gasteiger partial charge in [-0.15, -0.1) is 0 Å². The number of ether oxygens (including phenoxy) is 4. The molecule has 5 atom stereocenters. The highest BCUT2D eigenvalue weighted by Gasteiger charge is 2.30. The number of rotatable bonds is 58. The van der Waals surface area contributed by atoms with E-state index in [1.54, 1.807) is 0 Å². The van der Waals surface area contributed by atoms with Gasteiger partial charge in [-0.1, -0.05) is 219 Å². The van der Waals surface area contributed by atoms with Crippen LogP contribution in [-0.2, 0) is 65.4 Å². The molecule has 17 nitrogen and oxygen atoms in total. The van der Waals surface area contributed by atoms with Crippen LogP contribution in [0, 0.1) is 0 Å². The largest absolute Gasteiger partial charge is 0.472 e. The molecule has 458 valence electrons. The zero-order valence-corrected chi connectivity index (χ0v) is 50.9. The van der Waals surface area contributed by atoms with E-state index in [1.807, 2.05) is 0 Å². The molecule has 0 aromatic heterocycles. The Morgan fingerprint density at radius 3 is 0.936 bits per heavy atom. The first-order valence-electron chi connectivity index (χ1n) is 30.6. The molecule has 0 aromatic carbocycles. The van der Waals surface area contributed by atoms with Gasteiger partial charge >= 0.3 is 39.5 Å². The van der Waals surface area contributed by atoms with Crippen LogP contribution >= 0.6 is 15.6 Å². The van der Waals surface area contributed by atoms with Gasteiger partial charge in [-0.05, 0) is 51.4 Å². The summed E-state index contributed by atoms with van der Waals surface area (Å²) in [6.45, 7) is 4.69. The average Bonchev–Trinajstić information content (AvgIpc) is 3.41. The molecule has 78 heavy (non-hydrogen) atoms. The number of carbonyl (C=O) groups excluding carboxylic acids is 4. The van der Waals surface area contributed by atoms with Gasteiger partial charge in [-0.25, -0.2) is 9.13 Å². The molecular weight excluding hydrogens is 1040 g/mol. The number of allylic oxidation sites excluding steroid dienone is 4. The summed E-state index contributed by atoms with van der Waals surface area (Å²) in [6.07, 6.45) is 40.0. The molecule has 0 amide bonds. The van der Waals surface area contributed by atoms with Crippen molar-refractivity contribution in [1.82, 2.24) is 0 Å². The Labute approximate surface area is 472 Å². The second-order valence-electron chi connectivity index (χ2n) is 20.7. The highest BCUT2D eigenvalue weighted by Crippen LogP contribution is 2.45. The molecule has 0 radical (unpaired) electrons. The third-order valence-electron chi connectivity index (χ3n) is 13.0. The molecule has 0 fully saturated rings. The molecule has 0 saturated carbocycles. The molecule has 0 spiro atoms. The van der Waals surface area contributed by atoms with Gasteiger partial charge in [0.05, 0.1) is 26.4 Å². The number of phosphoric ester groups is 2. The van der Waals surface area contributed by atoms with Crippen molar-refractivity contribution in [2.45, 2.75) is 290 Å².